The Morgan fingerprint density at radius 1 is 1.06 bits per heavy atom. The second-order valence-electron chi connectivity index (χ2n) is 13.7. The van der Waals surface area contributed by atoms with Crippen molar-refractivity contribution in [3.05, 3.63) is 0 Å². The lowest BCUT2D eigenvalue weighted by molar-refractivity contribution is -0.216. The second kappa shape index (κ2) is 10.3. The second-order valence-corrected chi connectivity index (χ2v) is 13.7. The van der Waals surface area contributed by atoms with E-state index in [2.05, 4.69) is 27.7 Å². The van der Waals surface area contributed by atoms with E-state index in [1.54, 1.807) is 0 Å². The van der Waals surface area contributed by atoms with Gasteiger partial charge in [-0.3, -0.25) is 9.59 Å². The molecule has 0 aromatic heterocycles. The van der Waals surface area contributed by atoms with E-state index in [4.69, 9.17) is 9.47 Å². The Morgan fingerprint density at radius 2 is 1.81 bits per heavy atom. The summed E-state index contributed by atoms with van der Waals surface area (Å²) in [5.74, 6) is 2.57. The standard InChI is InChI=1S/C31H50O5/c1-5-21-25-18-20(36-27-8-6-7-17-35-27)13-15-31(25,4)24-14-16-30(3)22(19(2)9-12-26(32)33)10-11-23(30)28(24)29(21)34/h19-25,27-28H,5-18H2,1-4H3,(H,32,33)/t19-,20-,21-,22?,23?,24?,25?,27?,28?,30-,31-/m1/s1. The molecule has 0 amide bonds. The van der Waals surface area contributed by atoms with Crippen LogP contribution in [0.5, 0.6) is 0 Å². The average molecular weight is 503 g/mol. The summed E-state index contributed by atoms with van der Waals surface area (Å²) in [7, 11) is 0. The van der Waals surface area contributed by atoms with Crippen LogP contribution < -0.4 is 0 Å². The first kappa shape index (κ1) is 26.7. The summed E-state index contributed by atoms with van der Waals surface area (Å²) in [6, 6.07) is 0. The van der Waals surface area contributed by atoms with E-state index in [-0.39, 0.29) is 41.5 Å². The fourth-order valence-corrected chi connectivity index (χ4v) is 10.3. The molecule has 1 N–H and O–H groups in total. The monoisotopic (exact) mass is 502 g/mol. The summed E-state index contributed by atoms with van der Waals surface area (Å²) in [5, 5.41) is 9.24. The molecule has 36 heavy (non-hydrogen) atoms. The number of fused-ring (bicyclic) bond motifs is 5. The van der Waals surface area contributed by atoms with Crippen molar-refractivity contribution >= 4 is 11.8 Å². The Balaban J connectivity index is 1.34. The smallest absolute Gasteiger partial charge is 0.303 e. The molecule has 0 spiro atoms. The lowest BCUT2D eigenvalue weighted by atomic mass is 9.42. The largest absolute Gasteiger partial charge is 0.481 e. The van der Waals surface area contributed by atoms with E-state index < -0.39 is 5.97 Å². The van der Waals surface area contributed by atoms with Crippen LogP contribution in [0.4, 0.5) is 0 Å². The maximum Gasteiger partial charge on any atom is 0.303 e. The van der Waals surface area contributed by atoms with Crippen molar-refractivity contribution < 1.29 is 24.2 Å². The molecule has 5 heteroatoms. The molecule has 0 radical (unpaired) electrons. The van der Waals surface area contributed by atoms with Crippen molar-refractivity contribution in [1.29, 1.82) is 0 Å². The van der Waals surface area contributed by atoms with Crippen LogP contribution in [0.1, 0.15) is 111 Å². The van der Waals surface area contributed by atoms with Gasteiger partial charge in [0.05, 0.1) is 6.10 Å². The normalized spacial score (nSPS) is 47.5. The molecule has 0 aromatic rings. The van der Waals surface area contributed by atoms with Gasteiger partial charge in [-0.15, -0.1) is 0 Å². The zero-order valence-corrected chi connectivity index (χ0v) is 23.2. The molecule has 1 aliphatic heterocycles. The van der Waals surface area contributed by atoms with Crippen LogP contribution in [-0.4, -0.2) is 35.9 Å². The van der Waals surface area contributed by atoms with Gasteiger partial charge in [-0.05, 0) is 117 Å². The Kier molecular flexibility index (Phi) is 7.64. The minimum absolute atomic E-state index is 0.0471. The summed E-state index contributed by atoms with van der Waals surface area (Å²) in [6.07, 6.45) is 13.4. The number of Topliss-reactive ketones (excluding diaryl/α,β-unsaturated/α-hetero) is 1. The highest BCUT2D eigenvalue weighted by atomic mass is 16.7. The van der Waals surface area contributed by atoms with Crippen molar-refractivity contribution in [2.75, 3.05) is 6.61 Å². The number of carbonyl (C=O) groups is 2. The first-order chi connectivity index (χ1) is 17.2. The number of carbonyl (C=O) groups excluding carboxylic acids is 1. The van der Waals surface area contributed by atoms with Crippen molar-refractivity contribution in [2.45, 2.75) is 124 Å². The fourth-order valence-electron chi connectivity index (χ4n) is 10.3. The van der Waals surface area contributed by atoms with E-state index in [1.165, 1.54) is 19.3 Å². The summed E-state index contributed by atoms with van der Waals surface area (Å²) in [5.41, 5.74) is 0.399. The molecular weight excluding hydrogens is 452 g/mol. The molecule has 5 fully saturated rings. The van der Waals surface area contributed by atoms with E-state index in [0.29, 0.717) is 35.4 Å². The van der Waals surface area contributed by atoms with Gasteiger partial charge in [-0.25, -0.2) is 0 Å². The molecule has 4 saturated carbocycles. The van der Waals surface area contributed by atoms with Crippen LogP contribution in [0.15, 0.2) is 0 Å². The third kappa shape index (κ3) is 4.48. The van der Waals surface area contributed by atoms with Gasteiger partial charge in [0.25, 0.3) is 0 Å². The molecular formula is C31H50O5. The molecule has 11 atom stereocenters. The summed E-state index contributed by atoms with van der Waals surface area (Å²) >= 11 is 0. The SMILES string of the molecule is CC[C@H]1C(=O)C2C3CCC([C@H](C)CCC(=O)O)[C@@]3(C)CCC2[C@@]2(C)CC[C@@H](OC3CCCCO3)CC12. The van der Waals surface area contributed by atoms with Gasteiger partial charge in [-0.1, -0.05) is 27.7 Å². The molecule has 204 valence electrons. The van der Waals surface area contributed by atoms with Crippen LogP contribution in [0, 0.1) is 52.3 Å². The average Bonchev–Trinajstić information content (AvgIpc) is 3.21. The van der Waals surface area contributed by atoms with Crippen molar-refractivity contribution in [1.82, 2.24) is 0 Å². The van der Waals surface area contributed by atoms with E-state index >= 15 is 0 Å². The Bertz CT molecular complexity index is 820. The number of hydrogen-bond donors (Lipinski definition) is 1. The molecule has 6 unspecified atom stereocenters. The van der Waals surface area contributed by atoms with Crippen molar-refractivity contribution in [2.24, 2.45) is 52.3 Å². The fraction of sp³-hybridized carbons (Fsp3) is 0.935. The van der Waals surface area contributed by atoms with Gasteiger partial charge in [-0.2, -0.15) is 0 Å². The topological polar surface area (TPSA) is 72.8 Å². The van der Waals surface area contributed by atoms with E-state index in [1.807, 2.05) is 0 Å². The van der Waals surface area contributed by atoms with Gasteiger partial charge in [0.1, 0.15) is 5.78 Å². The number of ketones is 1. The summed E-state index contributed by atoms with van der Waals surface area (Å²) in [6.45, 7) is 10.3. The van der Waals surface area contributed by atoms with E-state index in [0.717, 1.165) is 64.4 Å². The maximum atomic E-state index is 14.3. The Labute approximate surface area is 218 Å². The summed E-state index contributed by atoms with van der Waals surface area (Å²) in [4.78, 5) is 25.5. The molecule has 5 nitrogen and oxygen atoms in total. The third-order valence-electron chi connectivity index (χ3n) is 12.2. The first-order valence-electron chi connectivity index (χ1n) is 15.2. The van der Waals surface area contributed by atoms with Gasteiger partial charge in [0, 0.05) is 24.9 Å². The predicted molar refractivity (Wildman–Crippen MR) is 139 cm³/mol. The van der Waals surface area contributed by atoms with Crippen molar-refractivity contribution in [3.63, 3.8) is 0 Å². The summed E-state index contributed by atoms with van der Waals surface area (Å²) < 4.78 is 12.4. The number of hydrogen-bond acceptors (Lipinski definition) is 4. The first-order valence-corrected chi connectivity index (χ1v) is 15.2. The molecule has 1 heterocycles. The quantitative estimate of drug-likeness (QED) is 0.384. The number of rotatable bonds is 7. The molecule has 0 aromatic carbocycles. The number of aliphatic carboxylic acids is 1. The van der Waals surface area contributed by atoms with Crippen LogP contribution >= 0.6 is 0 Å². The molecule has 0 bridgehead atoms. The number of carboxylic acids is 1. The highest BCUT2D eigenvalue weighted by Gasteiger charge is 2.65. The zero-order valence-electron chi connectivity index (χ0n) is 23.2. The van der Waals surface area contributed by atoms with E-state index in [9.17, 15) is 14.7 Å². The lowest BCUT2D eigenvalue weighted by Crippen LogP contribution is -2.61. The van der Waals surface area contributed by atoms with Crippen LogP contribution in [-0.2, 0) is 19.1 Å². The third-order valence-corrected chi connectivity index (χ3v) is 12.2. The molecule has 5 aliphatic rings. The van der Waals surface area contributed by atoms with Crippen LogP contribution in [0.3, 0.4) is 0 Å². The zero-order chi connectivity index (χ0) is 25.7. The van der Waals surface area contributed by atoms with Gasteiger partial charge in [0.15, 0.2) is 6.29 Å². The lowest BCUT2D eigenvalue weighted by Gasteiger charge is -2.62. The highest BCUT2D eigenvalue weighted by Crippen LogP contribution is 2.68. The Morgan fingerprint density at radius 3 is 2.50 bits per heavy atom. The van der Waals surface area contributed by atoms with Gasteiger partial charge in [0.2, 0.25) is 0 Å². The van der Waals surface area contributed by atoms with Gasteiger partial charge >= 0.3 is 5.97 Å². The number of carboxylic acid groups (broad SMARTS) is 1. The van der Waals surface area contributed by atoms with Crippen LogP contribution in [0.2, 0.25) is 0 Å². The number of ether oxygens (including phenoxy) is 2. The van der Waals surface area contributed by atoms with Crippen LogP contribution in [0.25, 0.3) is 0 Å². The van der Waals surface area contributed by atoms with Gasteiger partial charge < -0.3 is 14.6 Å². The molecule has 1 saturated heterocycles. The Hall–Kier alpha value is -0.940. The van der Waals surface area contributed by atoms with Crippen molar-refractivity contribution in [3.8, 4) is 0 Å². The minimum atomic E-state index is -0.688. The molecule has 5 rings (SSSR count). The molecule has 4 aliphatic carbocycles. The maximum absolute atomic E-state index is 14.3. The highest BCUT2D eigenvalue weighted by molar-refractivity contribution is 5.86. The predicted octanol–water partition coefficient (Wildman–Crippen LogP) is 6.87. The minimum Gasteiger partial charge on any atom is -0.481 e.